The van der Waals surface area contributed by atoms with Gasteiger partial charge in [0, 0.05) is 12.1 Å². The molecule has 2 rings (SSSR count). The number of anilines is 2. The number of aromatic carboxylic acids is 1. The fourth-order valence-electron chi connectivity index (χ4n) is 1.64. The van der Waals surface area contributed by atoms with Crippen molar-refractivity contribution in [1.29, 1.82) is 0 Å². The number of rotatable bonds is 4. The van der Waals surface area contributed by atoms with Crippen LogP contribution in [0.3, 0.4) is 0 Å². The van der Waals surface area contributed by atoms with E-state index >= 15 is 0 Å². The van der Waals surface area contributed by atoms with Crippen LogP contribution in [0.15, 0.2) is 42.5 Å². The van der Waals surface area contributed by atoms with Crippen LogP contribution in [-0.2, 0) is 0 Å². The van der Waals surface area contributed by atoms with Gasteiger partial charge in [0.2, 0.25) is 0 Å². The average molecular weight is 293 g/mol. The molecule has 0 amide bonds. The van der Waals surface area contributed by atoms with Gasteiger partial charge in [0.25, 0.3) is 5.69 Å². The molecule has 0 fully saturated rings. The number of benzene rings is 2. The zero-order valence-electron chi connectivity index (χ0n) is 10.0. The van der Waals surface area contributed by atoms with Crippen molar-refractivity contribution in [3.05, 3.63) is 63.2 Å². The molecule has 0 saturated carbocycles. The van der Waals surface area contributed by atoms with Crippen LogP contribution < -0.4 is 5.32 Å². The molecule has 20 heavy (non-hydrogen) atoms. The minimum absolute atomic E-state index is 0.0736. The minimum atomic E-state index is -1.19. The predicted octanol–water partition coefficient (Wildman–Crippen LogP) is 3.69. The smallest absolute Gasteiger partial charge is 0.337 e. The zero-order valence-corrected chi connectivity index (χ0v) is 10.8. The lowest BCUT2D eigenvalue weighted by Crippen LogP contribution is -2.04. The van der Waals surface area contributed by atoms with Crippen molar-refractivity contribution in [2.75, 3.05) is 5.32 Å². The summed E-state index contributed by atoms with van der Waals surface area (Å²) in [5.74, 6) is -1.19. The highest BCUT2D eigenvalue weighted by atomic mass is 35.5. The molecule has 0 atom stereocenters. The topological polar surface area (TPSA) is 92.5 Å². The Bertz CT molecular complexity index is 688. The first-order valence-electron chi connectivity index (χ1n) is 5.52. The lowest BCUT2D eigenvalue weighted by Gasteiger charge is -2.10. The Labute approximate surface area is 118 Å². The van der Waals surface area contributed by atoms with E-state index in [1.807, 2.05) is 0 Å². The number of nitrogens with one attached hydrogen (secondary N) is 1. The Morgan fingerprint density at radius 1 is 1.20 bits per heavy atom. The van der Waals surface area contributed by atoms with E-state index in [-0.39, 0.29) is 16.9 Å². The lowest BCUT2D eigenvalue weighted by molar-refractivity contribution is -0.384. The molecule has 2 aromatic carbocycles. The minimum Gasteiger partial charge on any atom is -0.478 e. The van der Waals surface area contributed by atoms with Crippen LogP contribution in [0.2, 0.25) is 5.02 Å². The van der Waals surface area contributed by atoms with Crippen LogP contribution in [0.1, 0.15) is 10.4 Å². The number of para-hydroxylation sites is 1. The van der Waals surface area contributed by atoms with Crippen molar-refractivity contribution < 1.29 is 14.8 Å². The number of halogens is 1. The first-order chi connectivity index (χ1) is 9.49. The molecule has 0 aliphatic carbocycles. The molecule has 102 valence electrons. The summed E-state index contributed by atoms with van der Waals surface area (Å²) < 4.78 is 0. The average Bonchev–Trinajstić information content (AvgIpc) is 2.41. The van der Waals surface area contributed by atoms with Gasteiger partial charge in [-0.15, -0.1) is 0 Å². The van der Waals surface area contributed by atoms with Crippen LogP contribution in [0.5, 0.6) is 0 Å². The molecule has 0 radical (unpaired) electrons. The second-order valence-corrected chi connectivity index (χ2v) is 4.30. The van der Waals surface area contributed by atoms with Crippen LogP contribution in [0.25, 0.3) is 0 Å². The number of nitro benzene ring substituents is 1. The molecule has 2 aromatic rings. The standard InChI is InChI=1S/C13H9ClN2O4/c14-10-3-1-2-4-11(10)15-12-7-8(16(19)20)5-6-9(12)13(17)18/h1-7,15H,(H,17,18). The number of nitrogens with zero attached hydrogens (tertiary/aromatic N) is 1. The summed E-state index contributed by atoms with van der Waals surface area (Å²) in [6, 6.07) is 10.2. The number of hydrogen-bond acceptors (Lipinski definition) is 4. The summed E-state index contributed by atoms with van der Waals surface area (Å²) in [6.45, 7) is 0. The Kier molecular flexibility index (Phi) is 3.86. The maximum Gasteiger partial charge on any atom is 0.337 e. The van der Waals surface area contributed by atoms with Crippen molar-refractivity contribution in [2.24, 2.45) is 0 Å². The van der Waals surface area contributed by atoms with Crippen LogP contribution >= 0.6 is 11.6 Å². The molecule has 7 heteroatoms. The SMILES string of the molecule is O=C(O)c1ccc([N+](=O)[O-])cc1Nc1ccccc1Cl. The van der Waals surface area contributed by atoms with Crippen LogP contribution in [0, 0.1) is 10.1 Å². The summed E-state index contributed by atoms with van der Waals surface area (Å²) in [5, 5.41) is 23.0. The highest BCUT2D eigenvalue weighted by molar-refractivity contribution is 6.33. The molecule has 0 saturated heterocycles. The molecule has 0 aliphatic heterocycles. The van der Waals surface area contributed by atoms with E-state index in [1.54, 1.807) is 24.3 Å². The second kappa shape index (κ2) is 5.58. The summed E-state index contributed by atoms with van der Waals surface area (Å²) in [4.78, 5) is 21.3. The van der Waals surface area contributed by atoms with Crippen molar-refractivity contribution in [2.45, 2.75) is 0 Å². The van der Waals surface area contributed by atoms with Gasteiger partial charge in [0.05, 0.1) is 26.9 Å². The van der Waals surface area contributed by atoms with Gasteiger partial charge in [-0.3, -0.25) is 10.1 Å². The number of carbonyl (C=O) groups is 1. The van der Waals surface area contributed by atoms with Gasteiger partial charge in [0.1, 0.15) is 0 Å². The van der Waals surface area contributed by atoms with Gasteiger partial charge in [0.15, 0.2) is 0 Å². The summed E-state index contributed by atoms with van der Waals surface area (Å²) in [7, 11) is 0. The molecular formula is C13H9ClN2O4. The maximum atomic E-state index is 11.1. The number of carboxylic acids is 1. The number of carboxylic acid groups (broad SMARTS) is 1. The Balaban J connectivity index is 2.48. The van der Waals surface area contributed by atoms with Gasteiger partial charge in [-0.1, -0.05) is 23.7 Å². The van der Waals surface area contributed by atoms with Gasteiger partial charge < -0.3 is 10.4 Å². The van der Waals surface area contributed by atoms with Crippen molar-refractivity contribution >= 4 is 34.6 Å². The summed E-state index contributed by atoms with van der Waals surface area (Å²) in [6.07, 6.45) is 0. The largest absolute Gasteiger partial charge is 0.478 e. The number of nitro groups is 1. The molecule has 0 spiro atoms. The van der Waals surface area contributed by atoms with Crippen molar-refractivity contribution in [3.8, 4) is 0 Å². The van der Waals surface area contributed by atoms with Crippen molar-refractivity contribution in [3.63, 3.8) is 0 Å². The fraction of sp³-hybridized carbons (Fsp3) is 0. The molecule has 2 N–H and O–H groups in total. The van der Waals surface area contributed by atoms with Gasteiger partial charge in [-0.25, -0.2) is 4.79 Å². The van der Waals surface area contributed by atoms with E-state index in [1.165, 1.54) is 6.07 Å². The Morgan fingerprint density at radius 3 is 2.50 bits per heavy atom. The normalized spacial score (nSPS) is 10.1. The highest BCUT2D eigenvalue weighted by Crippen LogP contribution is 2.29. The molecule has 0 bridgehead atoms. The Morgan fingerprint density at radius 2 is 1.90 bits per heavy atom. The fourth-order valence-corrected chi connectivity index (χ4v) is 1.83. The molecule has 0 unspecified atom stereocenters. The lowest BCUT2D eigenvalue weighted by atomic mass is 10.1. The van der Waals surface area contributed by atoms with E-state index in [0.717, 1.165) is 12.1 Å². The van der Waals surface area contributed by atoms with E-state index in [2.05, 4.69) is 5.32 Å². The summed E-state index contributed by atoms with van der Waals surface area (Å²) in [5.41, 5.74) is 0.303. The Hall–Kier alpha value is -2.60. The van der Waals surface area contributed by atoms with E-state index < -0.39 is 10.9 Å². The second-order valence-electron chi connectivity index (χ2n) is 3.90. The third-order valence-electron chi connectivity index (χ3n) is 2.59. The first kappa shape index (κ1) is 13.8. The van der Waals surface area contributed by atoms with Gasteiger partial charge >= 0.3 is 5.97 Å². The molecule has 6 nitrogen and oxygen atoms in total. The monoisotopic (exact) mass is 292 g/mol. The maximum absolute atomic E-state index is 11.1. The molecule has 0 heterocycles. The highest BCUT2D eigenvalue weighted by Gasteiger charge is 2.16. The number of hydrogen-bond donors (Lipinski definition) is 2. The van der Waals surface area contributed by atoms with Crippen LogP contribution in [-0.4, -0.2) is 16.0 Å². The zero-order chi connectivity index (χ0) is 14.7. The first-order valence-corrected chi connectivity index (χ1v) is 5.90. The molecular weight excluding hydrogens is 284 g/mol. The third-order valence-corrected chi connectivity index (χ3v) is 2.92. The van der Waals surface area contributed by atoms with E-state index in [9.17, 15) is 14.9 Å². The predicted molar refractivity (Wildman–Crippen MR) is 74.8 cm³/mol. The third kappa shape index (κ3) is 2.86. The van der Waals surface area contributed by atoms with Crippen LogP contribution in [0.4, 0.5) is 17.1 Å². The van der Waals surface area contributed by atoms with Crippen molar-refractivity contribution in [1.82, 2.24) is 0 Å². The van der Waals surface area contributed by atoms with E-state index in [0.29, 0.717) is 10.7 Å². The quantitative estimate of drug-likeness (QED) is 0.662. The molecule has 0 aromatic heterocycles. The number of non-ortho nitro benzene ring substituents is 1. The van der Waals surface area contributed by atoms with Gasteiger partial charge in [-0.2, -0.15) is 0 Å². The van der Waals surface area contributed by atoms with E-state index in [4.69, 9.17) is 16.7 Å². The molecule has 0 aliphatic rings. The van der Waals surface area contributed by atoms with Gasteiger partial charge in [-0.05, 0) is 18.2 Å². The summed E-state index contributed by atoms with van der Waals surface area (Å²) >= 11 is 5.96.